The number of halogens is 1. The van der Waals surface area contributed by atoms with Gasteiger partial charge in [-0.3, -0.25) is 14.5 Å². The van der Waals surface area contributed by atoms with Crippen LogP contribution >= 0.6 is 11.6 Å². The molecule has 2 atom stereocenters. The van der Waals surface area contributed by atoms with Gasteiger partial charge in [-0.05, 0) is 56.4 Å². The van der Waals surface area contributed by atoms with Crippen molar-refractivity contribution in [3.63, 3.8) is 0 Å². The van der Waals surface area contributed by atoms with Gasteiger partial charge in [0.15, 0.2) is 5.54 Å². The fourth-order valence-electron chi connectivity index (χ4n) is 5.12. The van der Waals surface area contributed by atoms with Crippen LogP contribution in [0.4, 0.5) is 5.69 Å². The lowest BCUT2D eigenvalue weighted by molar-refractivity contribution is -0.138. The van der Waals surface area contributed by atoms with E-state index in [4.69, 9.17) is 25.8 Å². The van der Waals surface area contributed by atoms with Crippen LogP contribution < -0.4 is 18.5 Å². The van der Waals surface area contributed by atoms with Gasteiger partial charge in [-0.25, -0.2) is 17.7 Å². The Morgan fingerprint density at radius 3 is 2.32 bits per heavy atom. The van der Waals surface area contributed by atoms with Gasteiger partial charge in [0.25, 0.3) is 15.9 Å². The van der Waals surface area contributed by atoms with Crippen LogP contribution in [0.1, 0.15) is 18.1 Å². The molecule has 0 spiro atoms. The average molecular weight is 603 g/mol. The molecule has 1 aromatic heterocycles. The molecule has 13 heteroatoms. The number of fused-ring (bicyclic) bond motifs is 1. The van der Waals surface area contributed by atoms with Gasteiger partial charge in [0.2, 0.25) is 11.8 Å². The molecule has 218 valence electrons. The van der Waals surface area contributed by atoms with Gasteiger partial charge < -0.3 is 19.1 Å². The number of rotatable bonds is 9. The van der Waals surface area contributed by atoms with Gasteiger partial charge >= 0.3 is 0 Å². The number of hydrogen-bond acceptors (Lipinski definition) is 9. The Kier molecular flexibility index (Phi) is 8.21. The number of amides is 2. The molecule has 0 aliphatic carbocycles. The minimum atomic E-state index is -4.60. The third kappa shape index (κ3) is 4.65. The van der Waals surface area contributed by atoms with Crippen LogP contribution in [0.5, 0.6) is 17.4 Å². The van der Waals surface area contributed by atoms with Crippen molar-refractivity contribution in [1.82, 2.24) is 14.8 Å². The van der Waals surface area contributed by atoms with Crippen LogP contribution in [0.2, 0.25) is 5.02 Å². The Labute approximate surface area is 244 Å². The number of carbonyl (C=O) groups is 2. The fraction of sp³-hybridized carbons (Fsp3) is 0.321. The first-order valence-corrected chi connectivity index (χ1v) is 14.2. The summed E-state index contributed by atoms with van der Waals surface area (Å²) in [7, 11) is 4.32. The SMILES string of the molecule is COc1ccc(S(=O)(=O)N2C(=O)C(c3cccnc3OC)(N(C)C(C)C(=O)N(C)C)c3cc(Cl)ccc32)c(OC)c1. The highest BCUT2D eigenvalue weighted by Gasteiger charge is 2.61. The Hall–Kier alpha value is -3.87. The molecular weight excluding hydrogens is 572 g/mol. The van der Waals surface area contributed by atoms with E-state index in [0.29, 0.717) is 5.75 Å². The lowest BCUT2D eigenvalue weighted by atomic mass is 9.81. The molecule has 2 amide bonds. The zero-order chi connectivity index (χ0) is 30.3. The first-order valence-electron chi connectivity index (χ1n) is 12.4. The normalized spacial score (nSPS) is 17.3. The Morgan fingerprint density at radius 1 is 1.00 bits per heavy atom. The number of anilines is 1. The molecule has 41 heavy (non-hydrogen) atoms. The quantitative estimate of drug-likeness (QED) is 0.364. The number of sulfonamides is 1. The summed E-state index contributed by atoms with van der Waals surface area (Å²) in [6, 6.07) is 11.0. The summed E-state index contributed by atoms with van der Waals surface area (Å²) in [6.07, 6.45) is 1.49. The number of nitrogens with zero attached hydrogens (tertiary/aromatic N) is 4. The molecule has 2 aromatic carbocycles. The molecule has 2 unspecified atom stereocenters. The number of pyridine rings is 1. The maximum Gasteiger partial charge on any atom is 0.274 e. The highest BCUT2D eigenvalue weighted by Crippen LogP contribution is 2.53. The molecule has 0 N–H and O–H groups in total. The van der Waals surface area contributed by atoms with Crippen molar-refractivity contribution < 1.29 is 32.2 Å². The summed E-state index contributed by atoms with van der Waals surface area (Å²) < 4.78 is 45.7. The summed E-state index contributed by atoms with van der Waals surface area (Å²) in [5.41, 5.74) is -1.37. The first-order chi connectivity index (χ1) is 19.4. The molecule has 11 nitrogen and oxygen atoms in total. The second kappa shape index (κ2) is 11.2. The van der Waals surface area contributed by atoms with Gasteiger partial charge in [-0.2, -0.15) is 0 Å². The number of ether oxygens (including phenoxy) is 3. The smallest absolute Gasteiger partial charge is 0.274 e. The number of hydrogen-bond donors (Lipinski definition) is 0. The third-order valence-corrected chi connectivity index (χ3v) is 9.18. The van der Waals surface area contributed by atoms with Crippen molar-refractivity contribution in [1.29, 1.82) is 0 Å². The largest absolute Gasteiger partial charge is 0.497 e. The van der Waals surface area contributed by atoms with Crippen LogP contribution in [-0.4, -0.2) is 83.5 Å². The van der Waals surface area contributed by atoms with Crippen molar-refractivity contribution in [3.8, 4) is 17.4 Å². The van der Waals surface area contributed by atoms with Crippen molar-refractivity contribution in [3.05, 3.63) is 70.9 Å². The maximum absolute atomic E-state index is 14.9. The summed E-state index contributed by atoms with van der Waals surface area (Å²) in [6.45, 7) is 1.63. The van der Waals surface area contributed by atoms with Crippen LogP contribution in [0.3, 0.4) is 0 Å². The highest BCUT2D eigenvalue weighted by molar-refractivity contribution is 7.93. The van der Waals surface area contributed by atoms with E-state index in [0.717, 1.165) is 4.31 Å². The van der Waals surface area contributed by atoms with Gasteiger partial charge in [-0.15, -0.1) is 0 Å². The standard InChI is InChI=1S/C28H31ClN4O7S/c1-17(26(34)31(2)3)32(4)28(20-9-8-14-30-25(20)40-7)21-15-18(29)10-12-22(21)33(27(28)35)41(36,37)24-13-11-19(38-5)16-23(24)39-6/h8-17H,1-7H3. The van der Waals surface area contributed by atoms with E-state index in [1.54, 1.807) is 40.2 Å². The summed E-state index contributed by atoms with van der Waals surface area (Å²) in [4.78, 5) is 35.1. The van der Waals surface area contributed by atoms with E-state index >= 15 is 0 Å². The second-order valence-electron chi connectivity index (χ2n) is 9.54. The van der Waals surface area contributed by atoms with E-state index in [-0.39, 0.29) is 44.3 Å². The number of benzene rings is 2. The predicted octanol–water partition coefficient (Wildman–Crippen LogP) is 3.15. The molecule has 4 rings (SSSR count). The minimum Gasteiger partial charge on any atom is -0.497 e. The molecule has 2 heterocycles. The number of aromatic nitrogens is 1. The van der Waals surface area contributed by atoms with Gasteiger partial charge in [0.05, 0.1) is 33.1 Å². The van der Waals surface area contributed by atoms with Crippen molar-refractivity contribution >= 4 is 39.1 Å². The van der Waals surface area contributed by atoms with E-state index in [1.807, 2.05) is 0 Å². The summed E-state index contributed by atoms with van der Waals surface area (Å²) >= 11 is 6.46. The second-order valence-corrected chi connectivity index (χ2v) is 11.7. The van der Waals surface area contributed by atoms with E-state index in [9.17, 15) is 18.0 Å². The lowest BCUT2D eigenvalue weighted by Gasteiger charge is -2.41. The predicted molar refractivity (Wildman–Crippen MR) is 153 cm³/mol. The fourth-order valence-corrected chi connectivity index (χ4v) is 6.90. The van der Waals surface area contributed by atoms with Crippen LogP contribution in [0, 0.1) is 0 Å². The van der Waals surface area contributed by atoms with E-state index in [1.165, 1.54) is 73.7 Å². The van der Waals surface area contributed by atoms with Crippen LogP contribution in [-0.2, 0) is 25.2 Å². The van der Waals surface area contributed by atoms with Crippen molar-refractivity contribution in [2.24, 2.45) is 0 Å². The zero-order valence-electron chi connectivity index (χ0n) is 23.7. The highest BCUT2D eigenvalue weighted by atomic mass is 35.5. The minimum absolute atomic E-state index is 0.0198. The van der Waals surface area contributed by atoms with E-state index in [2.05, 4.69) is 4.98 Å². The summed E-state index contributed by atoms with van der Waals surface area (Å²) in [5.74, 6) is -0.770. The first kappa shape index (κ1) is 30.1. The van der Waals surface area contributed by atoms with Crippen molar-refractivity contribution in [2.45, 2.75) is 23.4 Å². The Balaban J connectivity index is 2.10. The molecule has 0 saturated carbocycles. The van der Waals surface area contributed by atoms with Gasteiger partial charge in [-0.1, -0.05) is 11.6 Å². The van der Waals surface area contributed by atoms with Gasteiger partial charge in [0.1, 0.15) is 16.4 Å². The number of likely N-dealkylation sites (N-methyl/N-ethyl adjacent to an activating group) is 2. The van der Waals surface area contributed by atoms with E-state index < -0.39 is 27.5 Å². The van der Waals surface area contributed by atoms with Crippen LogP contribution in [0.15, 0.2) is 59.6 Å². The van der Waals surface area contributed by atoms with Gasteiger partial charge in [0, 0.05) is 42.5 Å². The average Bonchev–Trinajstić information content (AvgIpc) is 3.23. The molecule has 0 fully saturated rings. The zero-order valence-corrected chi connectivity index (χ0v) is 25.3. The molecule has 1 aliphatic heterocycles. The third-order valence-electron chi connectivity index (χ3n) is 7.21. The Bertz CT molecular complexity index is 1610. The maximum atomic E-state index is 14.9. The molecule has 0 bridgehead atoms. The molecule has 0 radical (unpaired) electrons. The molecule has 0 saturated heterocycles. The topological polar surface area (TPSA) is 119 Å². The monoisotopic (exact) mass is 602 g/mol. The van der Waals surface area contributed by atoms with Crippen LogP contribution in [0.25, 0.3) is 0 Å². The molecule has 3 aromatic rings. The van der Waals surface area contributed by atoms with Crippen molar-refractivity contribution in [2.75, 3.05) is 46.8 Å². The lowest BCUT2D eigenvalue weighted by Crippen LogP contribution is -2.59. The number of methoxy groups -OCH3 is 3. The Morgan fingerprint density at radius 2 is 1.71 bits per heavy atom. The molecular formula is C28H31ClN4O7S. The summed E-state index contributed by atoms with van der Waals surface area (Å²) in [5, 5.41) is 0.255. The molecule has 1 aliphatic rings. The number of carbonyl (C=O) groups excluding carboxylic acids is 2.